The van der Waals surface area contributed by atoms with Crippen LogP contribution in [0, 0.1) is 0 Å². The molecule has 0 N–H and O–H groups in total. The summed E-state index contributed by atoms with van der Waals surface area (Å²) in [5.41, 5.74) is 0. The number of carbonyl (C=O) groups is 1. The number of amides is 1. The average molecular weight is 194 g/mol. The first-order chi connectivity index (χ1) is 5.98. The van der Waals surface area contributed by atoms with E-state index in [1.807, 2.05) is 4.90 Å². The van der Waals surface area contributed by atoms with Gasteiger partial charge in [-0.25, -0.2) is 0 Å². The fourth-order valence-corrected chi connectivity index (χ4v) is 1.78. The van der Waals surface area contributed by atoms with Crippen LogP contribution in [0.15, 0.2) is 0 Å². The van der Waals surface area contributed by atoms with Crippen LogP contribution in [0.4, 0.5) is 13.2 Å². The molecule has 0 unspecified atom stereocenters. The van der Waals surface area contributed by atoms with Gasteiger partial charge in [-0.15, -0.1) is 0 Å². The largest absolute Gasteiger partial charge is 0.471 e. The number of alkyl halides is 3. The highest BCUT2D eigenvalue weighted by atomic mass is 19.4. The van der Waals surface area contributed by atoms with Crippen molar-refractivity contribution in [2.75, 3.05) is 26.2 Å². The Hall–Kier alpha value is -0.780. The molecule has 6 heteroatoms. The molecule has 3 fully saturated rings. The number of halogens is 3. The topological polar surface area (TPSA) is 23.6 Å². The number of hydrogen-bond acceptors (Lipinski definition) is 2. The van der Waals surface area contributed by atoms with Gasteiger partial charge in [-0.1, -0.05) is 0 Å². The van der Waals surface area contributed by atoms with Gasteiger partial charge in [-0.05, 0) is 0 Å². The molecule has 3 nitrogen and oxygen atoms in total. The molecule has 3 heterocycles. The minimum absolute atomic E-state index is 0.206. The zero-order valence-electron chi connectivity index (χ0n) is 6.84. The molecule has 0 aromatic rings. The molecular weight excluding hydrogens is 185 g/mol. The van der Waals surface area contributed by atoms with Crippen LogP contribution in [0.2, 0.25) is 0 Å². The van der Waals surface area contributed by atoms with E-state index in [1.54, 1.807) is 0 Å². The highest BCUT2D eigenvalue weighted by molar-refractivity contribution is 5.82. The first-order valence-electron chi connectivity index (χ1n) is 4.08. The Balaban J connectivity index is 2.04. The van der Waals surface area contributed by atoms with E-state index in [9.17, 15) is 18.0 Å². The molecule has 3 saturated heterocycles. The van der Waals surface area contributed by atoms with Gasteiger partial charge in [0.15, 0.2) is 0 Å². The number of nitrogens with zero attached hydrogens (tertiary/aromatic N) is 2. The Morgan fingerprint density at radius 1 is 1.23 bits per heavy atom. The van der Waals surface area contributed by atoms with Crippen molar-refractivity contribution in [2.24, 2.45) is 0 Å². The summed E-state index contributed by atoms with van der Waals surface area (Å²) in [4.78, 5) is 13.8. The fraction of sp³-hybridized carbons (Fsp3) is 0.857. The van der Waals surface area contributed by atoms with Crippen LogP contribution in [0.1, 0.15) is 0 Å². The third-order valence-corrected chi connectivity index (χ3v) is 2.54. The van der Waals surface area contributed by atoms with Gasteiger partial charge < -0.3 is 4.90 Å². The van der Waals surface area contributed by atoms with Crippen LogP contribution in [0.3, 0.4) is 0 Å². The number of rotatable bonds is 0. The molecule has 13 heavy (non-hydrogen) atoms. The summed E-state index contributed by atoms with van der Waals surface area (Å²) in [5, 5.41) is 0. The van der Waals surface area contributed by atoms with Crippen molar-refractivity contribution >= 4 is 5.91 Å². The van der Waals surface area contributed by atoms with E-state index < -0.39 is 12.1 Å². The van der Waals surface area contributed by atoms with Crippen molar-refractivity contribution in [1.82, 2.24) is 9.80 Å². The number of carbonyl (C=O) groups excluding carboxylic acids is 1. The SMILES string of the molecule is O=C(N1CCN2CC1C2)C(F)(F)F. The van der Waals surface area contributed by atoms with E-state index in [-0.39, 0.29) is 12.6 Å². The standard InChI is InChI=1S/C7H9F3N2O/c8-7(9,10)6(13)12-2-1-11-3-5(12)4-11/h5H,1-4H2. The minimum Gasteiger partial charge on any atom is -0.328 e. The van der Waals surface area contributed by atoms with Crippen LogP contribution >= 0.6 is 0 Å². The second-order valence-electron chi connectivity index (χ2n) is 3.41. The summed E-state index contributed by atoms with van der Waals surface area (Å²) < 4.78 is 36.1. The summed E-state index contributed by atoms with van der Waals surface area (Å²) in [6.07, 6.45) is -4.71. The van der Waals surface area contributed by atoms with Crippen LogP contribution in [-0.4, -0.2) is 54.1 Å². The Morgan fingerprint density at radius 3 is 2.23 bits per heavy atom. The lowest BCUT2D eigenvalue weighted by molar-refractivity contribution is -0.195. The molecule has 3 aliphatic heterocycles. The van der Waals surface area contributed by atoms with Gasteiger partial charge >= 0.3 is 12.1 Å². The number of piperazine rings is 2. The van der Waals surface area contributed by atoms with Gasteiger partial charge in [0.2, 0.25) is 0 Å². The lowest BCUT2D eigenvalue weighted by Crippen LogP contribution is -2.69. The predicted octanol–water partition coefficient (Wildman–Crippen LogP) is 0.0751. The summed E-state index contributed by atoms with van der Waals surface area (Å²) >= 11 is 0. The zero-order valence-corrected chi connectivity index (χ0v) is 6.84. The highest BCUT2D eigenvalue weighted by Crippen LogP contribution is 2.26. The van der Waals surface area contributed by atoms with Crippen LogP contribution in [0.25, 0.3) is 0 Å². The van der Waals surface area contributed by atoms with E-state index in [0.717, 1.165) is 4.90 Å². The van der Waals surface area contributed by atoms with Crippen LogP contribution in [0.5, 0.6) is 0 Å². The van der Waals surface area contributed by atoms with Crippen molar-refractivity contribution in [1.29, 1.82) is 0 Å². The number of hydrogen-bond donors (Lipinski definition) is 0. The monoisotopic (exact) mass is 194 g/mol. The summed E-state index contributed by atoms with van der Waals surface area (Å²) in [6, 6.07) is -0.206. The third kappa shape index (κ3) is 1.39. The van der Waals surface area contributed by atoms with E-state index in [2.05, 4.69) is 0 Å². The fourth-order valence-electron chi connectivity index (χ4n) is 1.78. The molecule has 0 aromatic carbocycles. The van der Waals surface area contributed by atoms with Gasteiger partial charge in [-0.3, -0.25) is 9.69 Å². The molecule has 0 spiro atoms. The smallest absolute Gasteiger partial charge is 0.328 e. The number of fused-ring (bicyclic) bond motifs is 2. The highest BCUT2D eigenvalue weighted by Gasteiger charge is 2.49. The van der Waals surface area contributed by atoms with Crippen molar-refractivity contribution in [3.05, 3.63) is 0 Å². The van der Waals surface area contributed by atoms with Crippen molar-refractivity contribution in [3.63, 3.8) is 0 Å². The first-order valence-corrected chi connectivity index (χ1v) is 4.08. The van der Waals surface area contributed by atoms with Gasteiger partial charge in [0, 0.05) is 26.2 Å². The molecule has 0 radical (unpaired) electrons. The Morgan fingerprint density at radius 2 is 1.85 bits per heavy atom. The quantitative estimate of drug-likeness (QED) is 0.545. The van der Waals surface area contributed by atoms with E-state index in [1.165, 1.54) is 0 Å². The van der Waals surface area contributed by atoms with Gasteiger partial charge in [-0.2, -0.15) is 13.2 Å². The second kappa shape index (κ2) is 2.60. The normalized spacial score (nSPS) is 32.7. The van der Waals surface area contributed by atoms with Crippen LogP contribution < -0.4 is 0 Å². The Labute approximate surface area is 73.1 Å². The molecule has 74 valence electrons. The summed E-state index contributed by atoms with van der Waals surface area (Å²) in [7, 11) is 0. The molecule has 3 rings (SSSR count). The second-order valence-corrected chi connectivity index (χ2v) is 3.41. The Bertz CT molecular complexity index is 232. The van der Waals surface area contributed by atoms with Crippen molar-refractivity contribution in [3.8, 4) is 0 Å². The Kier molecular flexibility index (Phi) is 1.76. The van der Waals surface area contributed by atoms with Gasteiger partial charge in [0.05, 0.1) is 6.04 Å². The third-order valence-electron chi connectivity index (χ3n) is 2.54. The first kappa shape index (κ1) is 8.80. The summed E-state index contributed by atoms with van der Waals surface area (Å²) in [5.74, 6) is -1.68. The van der Waals surface area contributed by atoms with Crippen molar-refractivity contribution < 1.29 is 18.0 Å². The zero-order chi connectivity index (χ0) is 9.64. The lowest BCUT2D eigenvalue weighted by Gasteiger charge is -2.51. The molecule has 0 aliphatic carbocycles. The minimum atomic E-state index is -4.71. The lowest BCUT2D eigenvalue weighted by atomic mass is 10.0. The molecule has 3 aliphatic rings. The molecule has 2 bridgehead atoms. The maximum Gasteiger partial charge on any atom is 0.471 e. The predicted molar refractivity (Wildman–Crippen MR) is 38.0 cm³/mol. The van der Waals surface area contributed by atoms with E-state index >= 15 is 0 Å². The van der Waals surface area contributed by atoms with Crippen LogP contribution in [-0.2, 0) is 4.79 Å². The van der Waals surface area contributed by atoms with Crippen molar-refractivity contribution in [2.45, 2.75) is 12.2 Å². The maximum absolute atomic E-state index is 12.0. The molecule has 1 amide bonds. The maximum atomic E-state index is 12.0. The molecule has 0 atom stereocenters. The summed E-state index contributed by atoms with van der Waals surface area (Å²) in [6.45, 7) is 1.98. The molecule has 0 aromatic heterocycles. The van der Waals surface area contributed by atoms with Gasteiger partial charge in [0.1, 0.15) is 0 Å². The average Bonchev–Trinajstić information content (AvgIpc) is 2.00. The van der Waals surface area contributed by atoms with E-state index in [4.69, 9.17) is 0 Å². The molecule has 0 saturated carbocycles. The van der Waals surface area contributed by atoms with E-state index in [0.29, 0.717) is 19.6 Å². The molecular formula is C7H9F3N2O. The van der Waals surface area contributed by atoms with Gasteiger partial charge in [0.25, 0.3) is 0 Å².